The average Bonchev–Trinajstić information content (AvgIpc) is 2.81. The number of carbonyl (C=O) groups excluding carboxylic acids is 1. The van der Waals surface area contributed by atoms with Gasteiger partial charge in [0.1, 0.15) is 0 Å². The number of carbonyl (C=O) groups is 1. The summed E-state index contributed by atoms with van der Waals surface area (Å²) in [5.41, 5.74) is 2.27. The summed E-state index contributed by atoms with van der Waals surface area (Å²) in [6.45, 7) is 1.55. The van der Waals surface area contributed by atoms with E-state index in [1.807, 2.05) is 35.1 Å². The Bertz CT molecular complexity index is 522. The molecule has 0 radical (unpaired) electrons. The van der Waals surface area contributed by atoms with Crippen LogP contribution in [-0.2, 0) is 16.1 Å². The first-order valence-corrected chi connectivity index (χ1v) is 6.00. The monoisotopic (exact) mass is 247 g/mol. The maximum atomic E-state index is 10.9. The Morgan fingerprint density at radius 3 is 3.22 bits per heavy atom. The zero-order chi connectivity index (χ0) is 12.8. The number of hydrogen-bond acceptors (Lipinski definition) is 4. The first-order chi connectivity index (χ1) is 8.81. The molecule has 2 heterocycles. The lowest BCUT2D eigenvalue weighted by Gasteiger charge is -2.03. The molecule has 0 unspecified atom stereocenters. The van der Waals surface area contributed by atoms with E-state index in [0.29, 0.717) is 6.42 Å². The summed E-state index contributed by atoms with van der Waals surface area (Å²) >= 11 is 0. The lowest BCUT2D eigenvalue weighted by Crippen LogP contribution is -2.16. The molecule has 2 rings (SSSR count). The van der Waals surface area contributed by atoms with Gasteiger partial charge >= 0.3 is 5.97 Å². The lowest BCUT2D eigenvalue weighted by atomic mass is 10.2. The molecule has 0 spiro atoms. The minimum absolute atomic E-state index is 0.159. The average molecular weight is 247 g/mol. The maximum Gasteiger partial charge on any atom is 0.305 e. The fourth-order valence-corrected chi connectivity index (χ4v) is 1.81. The highest BCUT2D eigenvalue weighted by Crippen LogP contribution is 2.09. The molecule has 0 aliphatic rings. The molecule has 2 aromatic rings. The smallest absolute Gasteiger partial charge is 0.305 e. The lowest BCUT2D eigenvalue weighted by molar-refractivity contribution is -0.140. The highest BCUT2D eigenvalue weighted by molar-refractivity contribution is 5.69. The van der Waals surface area contributed by atoms with Crippen LogP contribution in [0, 0.1) is 0 Å². The van der Waals surface area contributed by atoms with Gasteiger partial charge in [-0.3, -0.25) is 4.79 Å². The van der Waals surface area contributed by atoms with Crippen molar-refractivity contribution in [1.82, 2.24) is 14.9 Å². The molecule has 0 bridgehead atoms. The number of esters is 1. The van der Waals surface area contributed by atoms with E-state index in [9.17, 15) is 4.79 Å². The fourth-order valence-electron chi connectivity index (χ4n) is 1.81. The van der Waals surface area contributed by atoms with Crippen LogP contribution in [0.25, 0.3) is 5.52 Å². The maximum absolute atomic E-state index is 10.9. The third kappa shape index (κ3) is 3.07. The van der Waals surface area contributed by atoms with Gasteiger partial charge < -0.3 is 10.1 Å². The second-order valence-electron chi connectivity index (χ2n) is 4.06. The molecule has 0 saturated heterocycles. The molecule has 2 aromatic heterocycles. The van der Waals surface area contributed by atoms with Crippen molar-refractivity contribution >= 4 is 11.5 Å². The van der Waals surface area contributed by atoms with Crippen LogP contribution in [0.2, 0.25) is 0 Å². The summed E-state index contributed by atoms with van der Waals surface area (Å²) in [6, 6.07) is 5.99. The Morgan fingerprint density at radius 2 is 2.39 bits per heavy atom. The second-order valence-corrected chi connectivity index (χ2v) is 4.06. The Hall–Kier alpha value is -1.88. The predicted octanol–water partition coefficient (Wildman–Crippen LogP) is 1.38. The van der Waals surface area contributed by atoms with Gasteiger partial charge in [-0.15, -0.1) is 0 Å². The molecule has 18 heavy (non-hydrogen) atoms. The number of nitrogens with zero attached hydrogens (tertiary/aromatic N) is 2. The van der Waals surface area contributed by atoms with Gasteiger partial charge in [0.2, 0.25) is 0 Å². The van der Waals surface area contributed by atoms with Crippen molar-refractivity contribution in [3.63, 3.8) is 0 Å². The van der Waals surface area contributed by atoms with Crippen LogP contribution in [-0.4, -0.2) is 29.2 Å². The van der Waals surface area contributed by atoms with Crippen molar-refractivity contribution in [2.45, 2.75) is 19.4 Å². The van der Waals surface area contributed by atoms with Gasteiger partial charge in [-0.2, -0.15) is 5.10 Å². The fraction of sp³-hybridized carbons (Fsp3) is 0.385. The van der Waals surface area contributed by atoms with Gasteiger partial charge in [0.25, 0.3) is 0 Å². The summed E-state index contributed by atoms with van der Waals surface area (Å²) in [5, 5.41) is 7.56. The molecule has 5 heteroatoms. The Kier molecular flexibility index (Phi) is 4.30. The van der Waals surface area contributed by atoms with E-state index in [1.54, 1.807) is 0 Å². The molecule has 0 aliphatic carbocycles. The van der Waals surface area contributed by atoms with E-state index in [0.717, 1.165) is 30.6 Å². The number of ether oxygens (including phenoxy) is 1. The van der Waals surface area contributed by atoms with E-state index in [2.05, 4.69) is 15.2 Å². The van der Waals surface area contributed by atoms with E-state index in [1.165, 1.54) is 7.11 Å². The molecule has 0 aromatic carbocycles. The molecule has 5 nitrogen and oxygen atoms in total. The highest BCUT2D eigenvalue weighted by Gasteiger charge is 2.03. The van der Waals surface area contributed by atoms with Crippen LogP contribution in [0.4, 0.5) is 0 Å². The molecular weight excluding hydrogens is 230 g/mol. The minimum Gasteiger partial charge on any atom is -0.469 e. The molecule has 96 valence electrons. The molecule has 0 saturated carbocycles. The van der Waals surface area contributed by atoms with E-state index in [4.69, 9.17) is 0 Å². The summed E-state index contributed by atoms with van der Waals surface area (Å²) in [6.07, 6.45) is 5.03. The quantitative estimate of drug-likeness (QED) is 0.619. The normalized spacial score (nSPS) is 10.7. The predicted molar refractivity (Wildman–Crippen MR) is 68.1 cm³/mol. The van der Waals surface area contributed by atoms with Gasteiger partial charge in [0, 0.05) is 24.7 Å². The number of nitrogens with one attached hydrogen (secondary N) is 1. The second kappa shape index (κ2) is 6.16. The zero-order valence-corrected chi connectivity index (χ0v) is 10.4. The number of methoxy groups -OCH3 is 1. The molecule has 0 aliphatic heterocycles. The summed E-state index contributed by atoms with van der Waals surface area (Å²) in [7, 11) is 1.41. The van der Waals surface area contributed by atoms with Crippen molar-refractivity contribution in [3.8, 4) is 0 Å². The molecule has 0 amide bonds. The molecule has 1 N–H and O–H groups in total. The van der Waals surface area contributed by atoms with Crippen molar-refractivity contribution in [2.24, 2.45) is 0 Å². The van der Waals surface area contributed by atoms with Gasteiger partial charge in [-0.25, -0.2) is 4.52 Å². The summed E-state index contributed by atoms with van der Waals surface area (Å²) in [4.78, 5) is 10.9. The molecular formula is C13H17N3O2. The standard InChI is InChI=1S/C13H17N3O2/c1-18-13(17)6-4-7-14-9-11-10-15-16-8-3-2-5-12(11)16/h2-3,5,8,10,14H,4,6-7,9H2,1H3. The van der Waals surface area contributed by atoms with E-state index in [-0.39, 0.29) is 5.97 Å². The van der Waals surface area contributed by atoms with Crippen molar-refractivity contribution in [1.29, 1.82) is 0 Å². The van der Waals surface area contributed by atoms with Crippen molar-refractivity contribution in [3.05, 3.63) is 36.2 Å². The van der Waals surface area contributed by atoms with Gasteiger partial charge in [-0.1, -0.05) is 6.07 Å². The Balaban J connectivity index is 1.78. The van der Waals surface area contributed by atoms with Crippen LogP contribution in [0.1, 0.15) is 18.4 Å². The van der Waals surface area contributed by atoms with E-state index >= 15 is 0 Å². The first-order valence-electron chi connectivity index (χ1n) is 6.00. The first kappa shape index (κ1) is 12.6. The van der Waals surface area contributed by atoms with Crippen LogP contribution in [0.5, 0.6) is 0 Å². The SMILES string of the molecule is COC(=O)CCCNCc1cnn2ccccc12. The molecule has 0 atom stereocenters. The third-order valence-corrected chi connectivity index (χ3v) is 2.78. The Labute approximate surface area is 106 Å². The minimum atomic E-state index is -0.159. The summed E-state index contributed by atoms with van der Waals surface area (Å²) in [5.74, 6) is -0.159. The number of pyridine rings is 1. The van der Waals surface area contributed by atoms with Crippen molar-refractivity contribution < 1.29 is 9.53 Å². The van der Waals surface area contributed by atoms with Crippen LogP contribution in [0.15, 0.2) is 30.6 Å². The van der Waals surface area contributed by atoms with Crippen molar-refractivity contribution in [2.75, 3.05) is 13.7 Å². The summed E-state index contributed by atoms with van der Waals surface area (Å²) < 4.78 is 6.43. The Morgan fingerprint density at radius 1 is 1.50 bits per heavy atom. The van der Waals surface area contributed by atoms with Crippen LogP contribution < -0.4 is 5.32 Å². The van der Waals surface area contributed by atoms with Gasteiger partial charge in [-0.05, 0) is 25.1 Å². The number of fused-ring (bicyclic) bond motifs is 1. The largest absolute Gasteiger partial charge is 0.469 e. The number of rotatable bonds is 6. The van der Waals surface area contributed by atoms with E-state index < -0.39 is 0 Å². The van der Waals surface area contributed by atoms with Crippen LogP contribution >= 0.6 is 0 Å². The van der Waals surface area contributed by atoms with Gasteiger partial charge in [0.05, 0.1) is 18.8 Å². The number of hydrogen-bond donors (Lipinski definition) is 1. The zero-order valence-electron chi connectivity index (χ0n) is 10.4. The van der Waals surface area contributed by atoms with Crippen LogP contribution in [0.3, 0.4) is 0 Å². The number of aromatic nitrogens is 2. The topological polar surface area (TPSA) is 55.6 Å². The molecule has 0 fully saturated rings. The highest BCUT2D eigenvalue weighted by atomic mass is 16.5. The third-order valence-electron chi connectivity index (χ3n) is 2.78. The van der Waals surface area contributed by atoms with Gasteiger partial charge in [0.15, 0.2) is 0 Å².